The first kappa shape index (κ1) is 8.99. The Kier molecular flexibility index (Phi) is 2.65. The summed E-state index contributed by atoms with van der Waals surface area (Å²) in [4.78, 5) is 16.4. The standard InChI is InChI=1S/C7H11N3OS/c1-2-3-4-5(8)9-7(12)10-6(4)11/h2-3H2,1H3,(H4,8,9,10,11,12). The van der Waals surface area contributed by atoms with Gasteiger partial charge in [0.2, 0.25) is 0 Å². The van der Waals surface area contributed by atoms with Gasteiger partial charge >= 0.3 is 0 Å². The molecule has 0 unspecified atom stereocenters. The number of nitrogen functional groups attached to an aromatic ring is 1. The van der Waals surface area contributed by atoms with Crippen molar-refractivity contribution in [1.29, 1.82) is 0 Å². The van der Waals surface area contributed by atoms with Gasteiger partial charge in [-0.15, -0.1) is 0 Å². The molecular formula is C7H11N3OS. The summed E-state index contributed by atoms with van der Waals surface area (Å²) in [6, 6.07) is 0. The first-order valence-electron chi connectivity index (χ1n) is 3.76. The maximum atomic E-state index is 11.2. The zero-order valence-corrected chi connectivity index (χ0v) is 7.62. The van der Waals surface area contributed by atoms with Crippen LogP contribution in [0.5, 0.6) is 0 Å². The summed E-state index contributed by atoms with van der Waals surface area (Å²) in [6.07, 6.45) is 1.56. The molecule has 0 atom stereocenters. The van der Waals surface area contributed by atoms with Crippen LogP contribution in [0.1, 0.15) is 18.9 Å². The van der Waals surface area contributed by atoms with Crippen LogP contribution in [0.3, 0.4) is 0 Å². The highest BCUT2D eigenvalue weighted by Gasteiger charge is 2.02. The fraction of sp³-hybridized carbons (Fsp3) is 0.429. The molecule has 12 heavy (non-hydrogen) atoms. The van der Waals surface area contributed by atoms with Crippen LogP contribution in [0.2, 0.25) is 0 Å². The van der Waals surface area contributed by atoms with E-state index in [-0.39, 0.29) is 10.3 Å². The third-order valence-electron chi connectivity index (χ3n) is 1.57. The van der Waals surface area contributed by atoms with Crippen molar-refractivity contribution >= 4 is 18.0 Å². The topological polar surface area (TPSA) is 74.7 Å². The molecule has 0 aliphatic carbocycles. The second-order valence-corrected chi connectivity index (χ2v) is 2.96. The lowest BCUT2D eigenvalue weighted by Crippen LogP contribution is -2.17. The van der Waals surface area contributed by atoms with Gasteiger partial charge in [0.15, 0.2) is 4.77 Å². The lowest BCUT2D eigenvalue weighted by Gasteiger charge is -2.01. The Morgan fingerprint density at radius 2 is 2.17 bits per heavy atom. The van der Waals surface area contributed by atoms with Crippen LogP contribution < -0.4 is 11.3 Å². The van der Waals surface area contributed by atoms with Gasteiger partial charge in [-0.3, -0.25) is 9.78 Å². The Balaban J connectivity index is 3.29. The number of nitrogens with two attached hydrogens (primary N) is 1. The molecule has 0 aliphatic heterocycles. The monoisotopic (exact) mass is 185 g/mol. The number of hydrogen-bond donors (Lipinski definition) is 3. The molecular weight excluding hydrogens is 174 g/mol. The number of H-pyrrole nitrogens is 2. The van der Waals surface area contributed by atoms with Crippen LogP contribution in [0.15, 0.2) is 4.79 Å². The second-order valence-electron chi connectivity index (χ2n) is 2.55. The summed E-state index contributed by atoms with van der Waals surface area (Å²) in [5.74, 6) is 0.380. The SMILES string of the molecule is CCCc1c(N)[nH]c(=S)[nH]c1=O. The van der Waals surface area contributed by atoms with Crippen LogP contribution in [0, 0.1) is 4.77 Å². The number of nitrogens with one attached hydrogen (secondary N) is 2. The van der Waals surface area contributed by atoms with E-state index >= 15 is 0 Å². The van der Waals surface area contributed by atoms with Gasteiger partial charge in [0.05, 0.1) is 5.56 Å². The number of hydrogen-bond acceptors (Lipinski definition) is 3. The fourth-order valence-corrected chi connectivity index (χ4v) is 1.23. The molecule has 0 amide bonds. The summed E-state index contributed by atoms with van der Waals surface area (Å²) >= 11 is 4.74. The lowest BCUT2D eigenvalue weighted by atomic mass is 10.2. The van der Waals surface area contributed by atoms with Crippen molar-refractivity contribution in [3.63, 3.8) is 0 Å². The normalized spacial score (nSPS) is 10.1. The summed E-state index contributed by atoms with van der Waals surface area (Å²) in [7, 11) is 0. The summed E-state index contributed by atoms with van der Waals surface area (Å²) in [6.45, 7) is 1.99. The van der Waals surface area contributed by atoms with E-state index in [4.69, 9.17) is 18.0 Å². The molecule has 4 nitrogen and oxygen atoms in total. The van der Waals surface area contributed by atoms with Gasteiger partial charge in [-0.2, -0.15) is 0 Å². The highest BCUT2D eigenvalue weighted by Crippen LogP contribution is 2.03. The molecule has 0 bridgehead atoms. The second kappa shape index (κ2) is 3.53. The van der Waals surface area contributed by atoms with Crippen molar-refractivity contribution in [1.82, 2.24) is 9.97 Å². The Labute approximate surface area is 74.8 Å². The molecule has 0 fully saturated rings. The average molecular weight is 185 g/mol. The minimum Gasteiger partial charge on any atom is -0.385 e. The molecule has 1 rings (SSSR count). The van der Waals surface area contributed by atoms with Crippen LogP contribution in [0.4, 0.5) is 5.82 Å². The number of anilines is 1. The van der Waals surface area contributed by atoms with Crippen LogP contribution in [0.25, 0.3) is 0 Å². The van der Waals surface area contributed by atoms with E-state index in [1.54, 1.807) is 0 Å². The maximum Gasteiger partial charge on any atom is 0.256 e. The van der Waals surface area contributed by atoms with Crippen LogP contribution in [-0.2, 0) is 6.42 Å². The number of rotatable bonds is 2. The molecule has 0 saturated heterocycles. The van der Waals surface area contributed by atoms with Crippen molar-refractivity contribution in [2.45, 2.75) is 19.8 Å². The highest BCUT2D eigenvalue weighted by atomic mass is 32.1. The largest absolute Gasteiger partial charge is 0.385 e. The van der Waals surface area contributed by atoms with Gasteiger partial charge in [0, 0.05) is 0 Å². The van der Waals surface area contributed by atoms with E-state index in [2.05, 4.69) is 9.97 Å². The van der Waals surface area contributed by atoms with Crippen LogP contribution in [-0.4, -0.2) is 9.97 Å². The first-order valence-corrected chi connectivity index (χ1v) is 4.17. The van der Waals surface area contributed by atoms with E-state index < -0.39 is 0 Å². The van der Waals surface area contributed by atoms with Gasteiger partial charge < -0.3 is 10.7 Å². The molecule has 66 valence electrons. The molecule has 5 heteroatoms. The molecule has 1 heterocycles. The minimum atomic E-state index is -0.182. The first-order chi connectivity index (χ1) is 5.65. The predicted molar refractivity (Wildman–Crippen MR) is 50.7 cm³/mol. The van der Waals surface area contributed by atoms with Gasteiger partial charge in [-0.05, 0) is 18.6 Å². The molecule has 0 radical (unpaired) electrons. The third-order valence-corrected chi connectivity index (χ3v) is 1.78. The van der Waals surface area contributed by atoms with Crippen molar-refractivity contribution < 1.29 is 0 Å². The Bertz CT molecular complexity index is 379. The Morgan fingerprint density at radius 3 is 2.67 bits per heavy atom. The van der Waals surface area contributed by atoms with Gasteiger partial charge in [0.25, 0.3) is 5.56 Å². The zero-order chi connectivity index (χ0) is 9.14. The van der Waals surface area contributed by atoms with Crippen molar-refractivity contribution in [2.24, 2.45) is 0 Å². The molecule has 0 aromatic carbocycles. The lowest BCUT2D eigenvalue weighted by molar-refractivity contribution is 0.886. The molecule has 1 aromatic rings. The van der Waals surface area contributed by atoms with Gasteiger partial charge in [0.1, 0.15) is 5.82 Å². The summed E-state index contributed by atoms with van der Waals surface area (Å²) in [5.41, 5.74) is 5.97. The summed E-state index contributed by atoms with van der Waals surface area (Å²) < 4.78 is 0.275. The van der Waals surface area contributed by atoms with Gasteiger partial charge in [-0.25, -0.2) is 0 Å². The molecule has 0 saturated carbocycles. The van der Waals surface area contributed by atoms with Crippen LogP contribution >= 0.6 is 12.2 Å². The molecule has 4 N–H and O–H groups in total. The highest BCUT2D eigenvalue weighted by molar-refractivity contribution is 7.71. The van der Waals surface area contributed by atoms with E-state index in [1.165, 1.54) is 0 Å². The number of aromatic nitrogens is 2. The minimum absolute atomic E-state index is 0.182. The summed E-state index contributed by atoms with van der Waals surface area (Å²) in [5, 5.41) is 0. The predicted octanol–water partition coefficient (Wildman–Crippen LogP) is 0.967. The number of aromatic amines is 2. The van der Waals surface area contributed by atoms with Crippen molar-refractivity contribution in [2.75, 3.05) is 5.73 Å². The van der Waals surface area contributed by atoms with E-state index in [1.807, 2.05) is 6.92 Å². The maximum absolute atomic E-state index is 11.2. The van der Waals surface area contributed by atoms with E-state index in [0.29, 0.717) is 17.8 Å². The smallest absolute Gasteiger partial charge is 0.256 e. The van der Waals surface area contributed by atoms with E-state index in [9.17, 15) is 4.79 Å². The molecule has 0 aliphatic rings. The fourth-order valence-electron chi connectivity index (χ4n) is 1.03. The van der Waals surface area contributed by atoms with Crippen molar-refractivity contribution in [3.05, 3.63) is 20.7 Å². The Hall–Kier alpha value is -1.10. The average Bonchev–Trinajstić information content (AvgIpc) is 1.96. The van der Waals surface area contributed by atoms with E-state index in [0.717, 1.165) is 6.42 Å². The molecule has 0 spiro atoms. The third kappa shape index (κ3) is 1.73. The quantitative estimate of drug-likeness (QED) is 0.601. The molecule has 1 aromatic heterocycles. The zero-order valence-electron chi connectivity index (χ0n) is 6.81. The Morgan fingerprint density at radius 1 is 1.50 bits per heavy atom. The van der Waals surface area contributed by atoms with Gasteiger partial charge in [-0.1, -0.05) is 13.3 Å². The van der Waals surface area contributed by atoms with Crippen molar-refractivity contribution in [3.8, 4) is 0 Å².